The molecule has 0 atom stereocenters. The summed E-state index contributed by atoms with van der Waals surface area (Å²) in [5, 5.41) is 2.86. The Morgan fingerprint density at radius 3 is 2.44 bits per heavy atom. The summed E-state index contributed by atoms with van der Waals surface area (Å²) in [5.41, 5.74) is 4.21. The Morgan fingerprint density at radius 1 is 1.00 bits per heavy atom. The highest BCUT2D eigenvalue weighted by atomic mass is 16.5. The number of amides is 1. The van der Waals surface area contributed by atoms with E-state index in [2.05, 4.69) is 21.4 Å². The molecule has 0 radical (unpaired) electrons. The van der Waals surface area contributed by atoms with Gasteiger partial charge in [-0.2, -0.15) is 0 Å². The van der Waals surface area contributed by atoms with Gasteiger partial charge < -0.3 is 10.1 Å². The summed E-state index contributed by atoms with van der Waals surface area (Å²) < 4.78 is 5.64. The Labute approximate surface area is 146 Å². The molecule has 0 aliphatic carbocycles. The molecule has 3 rings (SSSR count). The van der Waals surface area contributed by atoms with Crippen LogP contribution in [0.3, 0.4) is 0 Å². The fourth-order valence-corrected chi connectivity index (χ4v) is 2.52. The third kappa shape index (κ3) is 4.64. The van der Waals surface area contributed by atoms with Crippen LogP contribution in [-0.4, -0.2) is 15.9 Å². The second-order valence-corrected chi connectivity index (χ2v) is 5.85. The topological polar surface area (TPSA) is 64.1 Å². The summed E-state index contributed by atoms with van der Waals surface area (Å²) in [7, 11) is 0. The van der Waals surface area contributed by atoms with Gasteiger partial charge in [-0.15, -0.1) is 0 Å². The molecule has 0 aliphatic heterocycles. The lowest BCUT2D eigenvalue weighted by molar-refractivity contribution is 0.102. The Balaban J connectivity index is 1.68. The average Bonchev–Trinajstić information content (AvgIpc) is 2.60. The number of carbonyl (C=O) groups is 1. The number of rotatable bonds is 5. The van der Waals surface area contributed by atoms with E-state index in [0.29, 0.717) is 12.5 Å². The van der Waals surface area contributed by atoms with Crippen LogP contribution >= 0.6 is 0 Å². The Kier molecular flexibility index (Phi) is 5.04. The highest BCUT2D eigenvalue weighted by Gasteiger charge is 2.10. The molecule has 0 saturated heterocycles. The Morgan fingerprint density at radius 2 is 1.72 bits per heavy atom. The fraction of sp³-hybridized carbons (Fsp3) is 0.150. The molecule has 1 amide bonds. The van der Waals surface area contributed by atoms with Crippen LogP contribution < -0.4 is 10.1 Å². The van der Waals surface area contributed by atoms with E-state index in [1.54, 1.807) is 6.07 Å². The van der Waals surface area contributed by atoms with Gasteiger partial charge in [0.2, 0.25) is 5.88 Å². The van der Waals surface area contributed by atoms with E-state index in [1.807, 2.05) is 56.3 Å². The lowest BCUT2D eigenvalue weighted by Gasteiger charge is -2.08. The quantitative estimate of drug-likeness (QED) is 0.768. The molecule has 1 N–H and O–H groups in total. The van der Waals surface area contributed by atoms with Gasteiger partial charge in [0.1, 0.15) is 18.6 Å². The van der Waals surface area contributed by atoms with E-state index in [9.17, 15) is 4.79 Å². The molecule has 0 unspecified atom stereocenters. The monoisotopic (exact) mass is 333 g/mol. The fourth-order valence-electron chi connectivity index (χ4n) is 2.52. The first-order valence-corrected chi connectivity index (χ1v) is 7.98. The summed E-state index contributed by atoms with van der Waals surface area (Å²) in [6.45, 7) is 4.36. The number of anilines is 1. The zero-order chi connectivity index (χ0) is 17.6. The van der Waals surface area contributed by atoms with E-state index < -0.39 is 0 Å². The van der Waals surface area contributed by atoms with Gasteiger partial charge in [0, 0.05) is 11.8 Å². The smallest absolute Gasteiger partial charge is 0.274 e. The van der Waals surface area contributed by atoms with Crippen molar-refractivity contribution < 1.29 is 9.53 Å². The van der Waals surface area contributed by atoms with Crippen LogP contribution in [0.1, 0.15) is 27.2 Å². The lowest BCUT2D eigenvalue weighted by atomic mass is 10.1. The maximum atomic E-state index is 12.4. The van der Waals surface area contributed by atoms with Crippen molar-refractivity contribution in [1.82, 2.24) is 9.97 Å². The van der Waals surface area contributed by atoms with Gasteiger partial charge in [-0.1, -0.05) is 36.4 Å². The van der Waals surface area contributed by atoms with Crippen LogP contribution in [0.2, 0.25) is 0 Å². The zero-order valence-electron chi connectivity index (χ0n) is 14.2. The minimum absolute atomic E-state index is 0.261. The predicted octanol–water partition coefficient (Wildman–Crippen LogP) is 3.92. The highest BCUT2D eigenvalue weighted by Crippen LogP contribution is 2.16. The maximum Gasteiger partial charge on any atom is 0.274 e. The maximum absolute atomic E-state index is 12.4. The number of aromatic nitrogens is 2. The molecule has 0 spiro atoms. The molecule has 0 bridgehead atoms. The van der Waals surface area contributed by atoms with Gasteiger partial charge in [0.25, 0.3) is 5.91 Å². The third-order valence-electron chi connectivity index (χ3n) is 3.58. The van der Waals surface area contributed by atoms with Crippen LogP contribution in [0, 0.1) is 13.8 Å². The van der Waals surface area contributed by atoms with Crippen LogP contribution in [0.5, 0.6) is 5.88 Å². The second kappa shape index (κ2) is 7.57. The number of carbonyl (C=O) groups excluding carboxylic acids is 1. The molecule has 126 valence electrons. The Bertz CT molecular complexity index is 859. The van der Waals surface area contributed by atoms with Crippen molar-refractivity contribution in [2.24, 2.45) is 0 Å². The summed E-state index contributed by atoms with van der Waals surface area (Å²) in [6.07, 6.45) is 1.33. The van der Waals surface area contributed by atoms with Crippen molar-refractivity contribution in [3.8, 4) is 5.88 Å². The molecule has 5 heteroatoms. The van der Waals surface area contributed by atoms with Gasteiger partial charge in [-0.3, -0.25) is 4.79 Å². The number of hydrogen-bond donors (Lipinski definition) is 1. The molecule has 0 aliphatic rings. The van der Waals surface area contributed by atoms with E-state index >= 15 is 0 Å². The summed E-state index contributed by atoms with van der Waals surface area (Å²) >= 11 is 0. The highest BCUT2D eigenvalue weighted by molar-refractivity contribution is 6.03. The van der Waals surface area contributed by atoms with Crippen molar-refractivity contribution in [3.63, 3.8) is 0 Å². The molecular formula is C20H19N3O2. The summed E-state index contributed by atoms with van der Waals surface area (Å²) in [6, 6.07) is 17.2. The lowest BCUT2D eigenvalue weighted by Crippen LogP contribution is -2.14. The molecular weight excluding hydrogens is 314 g/mol. The molecule has 5 nitrogen and oxygen atoms in total. The van der Waals surface area contributed by atoms with Gasteiger partial charge in [-0.05, 0) is 42.7 Å². The molecule has 25 heavy (non-hydrogen) atoms. The SMILES string of the molecule is Cc1cc(C)cc(NC(=O)c2cc(OCc3ccccc3)ncn2)c1. The van der Waals surface area contributed by atoms with Crippen LogP contribution in [-0.2, 0) is 6.61 Å². The number of hydrogen-bond acceptors (Lipinski definition) is 4. The number of aryl methyl sites for hydroxylation is 2. The molecule has 1 heterocycles. The second-order valence-electron chi connectivity index (χ2n) is 5.85. The van der Waals surface area contributed by atoms with E-state index in [4.69, 9.17) is 4.74 Å². The average molecular weight is 333 g/mol. The number of nitrogens with zero attached hydrogens (tertiary/aromatic N) is 2. The minimum Gasteiger partial charge on any atom is -0.473 e. The summed E-state index contributed by atoms with van der Waals surface area (Å²) in [5.74, 6) is 0.0707. The summed E-state index contributed by atoms with van der Waals surface area (Å²) in [4.78, 5) is 20.5. The van der Waals surface area contributed by atoms with Crippen LogP contribution in [0.15, 0.2) is 60.9 Å². The predicted molar refractivity (Wildman–Crippen MR) is 96.7 cm³/mol. The van der Waals surface area contributed by atoms with Crippen LogP contribution in [0.25, 0.3) is 0 Å². The van der Waals surface area contributed by atoms with Crippen molar-refractivity contribution in [2.75, 3.05) is 5.32 Å². The number of benzene rings is 2. The van der Waals surface area contributed by atoms with E-state index in [1.165, 1.54) is 6.33 Å². The molecule has 3 aromatic rings. The molecule has 0 saturated carbocycles. The zero-order valence-corrected chi connectivity index (χ0v) is 14.2. The van der Waals surface area contributed by atoms with E-state index in [0.717, 1.165) is 22.4 Å². The number of nitrogens with one attached hydrogen (secondary N) is 1. The molecule has 0 fully saturated rings. The first kappa shape index (κ1) is 16.6. The standard InChI is InChI=1S/C20H19N3O2/c1-14-8-15(2)10-17(9-14)23-20(24)18-11-19(22-13-21-18)25-12-16-6-4-3-5-7-16/h3-11,13H,12H2,1-2H3,(H,23,24). The molecule has 1 aromatic heterocycles. The van der Waals surface area contributed by atoms with E-state index in [-0.39, 0.29) is 11.6 Å². The first-order valence-electron chi connectivity index (χ1n) is 7.98. The first-order chi connectivity index (χ1) is 12.1. The van der Waals surface area contributed by atoms with Crippen molar-refractivity contribution in [3.05, 3.63) is 83.3 Å². The minimum atomic E-state index is -0.294. The van der Waals surface area contributed by atoms with Gasteiger partial charge in [0.15, 0.2) is 0 Å². The molecule has 2 aromatic carbocycles. The van der Waals surface area contributed by atoms with Crippen molar-refractivity contribution in [2.45, 2.75) is 20.5 Å². The third-order valence-corrected chi connectivity index (χ3v) is 3.58. The van der Waals surface area contributed by atoms with Gasteiger partial charge in [0.05, 0.1) is 0 Å². The van der Waals surface area contributed by atoms with Gasteiger partial charge in [-0.25, -0.2) is 9.97 Å². The van der Waals surface area contributed by atoms with Gasteiger partial charge >= 0.3 is 0 Å². The Hall–Kier alpha value is -3.21. The normalized spacial score (nSPS) is 10.3. The number of ether oxygens (including phenoxy) is 1. The van der Waals surface area contributed by atoms with Crippen molar-refractivity contribution >= 4 is 11.6 Å². The largest absolute Gasteiger partial charge is 0.473 e. The van der Waals surface area contributed by atoms with Crippen molar-refractivity contribution in [1.29, 1.82) is 0 Å². The van der Waals surface area contributed by atoms with Crippen LogP contribution in [0.4, 0.5) is 5.69 Å².